The monoisotopic (exact) mass is 248 g/mol. The fraction of sp³-hybridized carbons (Fsp3) is 0.571. The fourth-order valence-electron chi connectivity index (χ4n) is 2.38. The van der Waals surface area contributed by atoms with Gasteiger partial charge in [0.2, 0.25) is 0 Å². The Morgan fingerprint density at radius 3 is 2.00 bits per heavy atom. The first kappa shape index (κ1) is 13.2. The highest BCUT2D eigenvalue weighted by molar-refractivity contribution is 5.55. The molecule has 0 aliphatic carbocycles. The third-order valence-electron chi connectivity index (χ3n) is 3.58. The van der Waals surface area contributed by atoms with Crippen molar-refractivity contribution in [3.63, 3.8) is 0 Å². The molecule has 100 valence electrons. The first-order valence-electron chi connectivity index (χ1n) is 6.49. The fourth-order valence-corrected chi connectivity index (χ4v) is 2.38. The van der Waals surface area contributed by atoms with Gasteiger partial charge in [-0.15, -0.1) is 0 Å². The van der Waals surface area contributed by atoms with Crippen LogP contribution in [-0.2, 0) is 0 Å². The molecular formula is C14H22N3O-. The quantitative estimate of drug-likeness (QED) is 0.817. The smallest absolute Gasteiger partial charge is 0.0368 e. The number of hydrogen-bond donors (Lipinski definition) is 1. The van der Waals surface area contributed by atoms with Gasteiger partial charge in [-0.3, -0.25) is 4.90 Å². The van der Waals surface area contributed by atoms with Crippen LogP contribution in [0.25, 0.3) is 0 Å². The van der Waals surface area contributed by atoms with Crippen LogP contribution in [-0.4, -0.2) is 36.6 Å². The first-order valence-corrected chi connectivity index (χ1v) is 6.49. The van der Waals surface area contributed by atoms with Crippen LogP contribution in [0.4, 0.5) is 11.4 Å². The average molecular weight is 248 g/mol. The van der Waals surface area contributed by atoms with Crippen LogP contribution in [0.15, 0.2) is 24.3 Å². The van der Waals surface area contributed by atoms with Gasteiger partial charge < -0.3 is 15.6 Å². The zero-order valence-electron chi connectivity index (χ0n) is 11.4. The number of piperazine rings is 1. The second-order valence-electron chi connectivity index (χ2n) is 5.79. The van der Waals surface area contributed by atoms with Crippen LogP contribution in [0.5, 0.6) is 0 Å². The molecule has 0 spiro atoms. The maximum absolute atomic E-state index is 10.5. The molecule has 0 aromatic heterocycles. The summed E-state index contributed by atoms with van der Waals surface area (Å²) in [5.74, 6) is 0. The highest BCUT2D eigenvalue weighted by Crippen LogP contribution is 2.22. The van der Waals surface area contributed by atoms with E-state index in [9.17, 15) is 5.21 Å². The van der Waals surface area contributed by atoms with Gasteiger partial charge in [0.15, 0.2) is 0 Å². The second-order valence-corrected chi connectivity index (χ2v) is 5.79. The predicted octanol–water partition coefficient (Wildman–Crippen LogP) is 2.52. The van der Waals surface area contributed by atoms with Crippen molar-refractivity contribution in [2.24, 2.45) is 0 Å². The van der Waals surface area contributed by atoms with Gasteiger partial charge in [-0.05, 0) is 45.0 Å². The van der Waals surface area contributed by atoms with E-state index in [0.717, 1.165) is 26.2 Å². The molecule has 0 unspecified atom stereocenters. The Balaban J connectivity index is 1.96. The highest BCUT2D eigenvalue weighted by Gasteiger charge is 2.25. The van der Waals surface area contributed by atoms with Crippen molar-refractivity contribution < 1.29 is 0 Å². The van der Waals surface area contributed by atoms with Gasteiger partial charge in [0.05, 0.1) is 0 Å². The van der Waals surface area contributed by atoms with Crippen molar-refractivity contribution in [1.82, 2.24) is 4.90 Å². The Hall–Kier alpha value is -1.26. The Labute approximate surface area is 109 Å². The van der Waals surface area contributed by atoms with Crippen LogP contribution in [0, 0.1) is 5.21 Å². The molecule has 2 rings (SSSR count). The van der Waals surface area contributed by atoms with Crippen molar-refractivity contribution in [3.05, 3.63) is 29.5 Å². The molecule has 1 aliphatic heterocycles. The third kappa shape index (κ3) is 2.94. The number of benzene rings is 1. The van der Waals surface area contributed by atoms with Crippen molar-refractivity contribution in [3.8, 4) is 0 Å². The summed E-state index contributed by atoms with van der Waals surface area (Å²) in [6.07, 6.45) is 0. The van der Waals surface area contributed by atoms with Crippen molar-refractivity contribution >= 4 is 11.4 Å². The van der Waals surface area contributed by atoms with E-state index < -0.39 is 0 Å². The number of nitrogens with one attached hydrogen (secondary N) is 1. The molecule has 18 heavy (non-hydrogen) atoms. The topological polar surface area (TPSA) is 41.6 Å². The molecule has 1 aromatic rings. The molecule has 1 aromatic carbocycles. The minimum atomic E-state index is 0.252. The van der Waals surface area contributed by atoms with Gasteiger partial charge in [-0.2, -0.15) is 0 Å². The molecule has 1 heterocycles. The summed E-state index contributed by atoms with van der Waals surface area (Å²) in [5.41, 5.74) is 3.97. The summed E-state index contributed by atoms with van der Waals surface area (Å²) >= 11 is 0. The lowest BCUT2D eigenvalue weighted by atomic mass is 10.0. The normalized spacial score (nSPS) is 17.9. The van der Waals surface area contributed by atoms with Crippen LogP contribution < -0.4 is 10.4 Å². The van der Waals surface area contributed by atoms with E-state index >= 15 is 0 Å². The summed E-state index contributed by atoms with van der Waals surface area (Å²) < 4.78 is 0. The molecule has 0 radical (unpaired) electrons. The van der Waals surface area contributed by atoms with Gasteiger partial charge in [-0.25, -0.2) is 0 Å². The van der Waals surface area contributed by atoms with Crippen LogP contribution in [0.3, 0.4) is 0 Å². The highest BCUT2D eigenvalue weighted by atomic mass is 16.5. The van der Waals surface area contributed by atoms with E-state index in [0.29, 0.717) is 5.69 Å². The van der Waals surface area contributed by atoms with Crippen LogP contribution in [0.1, 0.15) is 20.8 Å². The number of hydrogen-bond acceptors (Lipinski definition) is 4. The lowest BCUT2D eigenvalue weighted by molar-refractivity contribution is 0.128. The Kier molecular flexibility index (Phi) is 3.78. The van der Waals surface area contributed by atoms with Gasteiger partial charge in [0.1, 0.15) is 0 Å². The van der Waals surface area contributed by atoms with E-state index in [2.05, 4.69) is 30.6 Å². The first-order chi connectivity index (χ1) is 8.50. The Bertz CT molecular complexity index is 375. The molecule has 1 N–H and O–H groups in total. The van der Waals surface area contributed by atoms with Gasteiger partial charge in [-0.1, -0.05) is 0 Å². The minimum Gasteiger partial charge on any atom is -0.761 e. The van der Waals surface area contributed by atoms with Gasteiger partial charge in [0.25, 0.3) is 0 Å². The third-order valence-corrected chi connectivity index (χ3v) is 3.58. The number of nitrogens with zero attached hydrogens (tertiary/aromatic N) is 2. The zero-order valence-corrected chi connectivity index (χ0v) is 11.4. The largest absolute Gasteiger partial charge is 0.761 e. The zero-order chi connectivity index (χ0) is 13.2. The standard InChI is InChI=1S/C14H22N3O/c1-14(2,3)17-10-8-16(9-11-17)13-6-4-12(15-18)5-7-13/h4-7,15H,8-11H2,1-3H3/q-1. The maximum Gasteiger partial charge on any atom is 0.0368 e. The molecule has 0 bridgehead atoms. The SMILES string of the molecule is CC(C)(C)N1CCN(c2ccc(N[O-])cc2)CC1. The summed E-state index contributed by atoms with van der Waals surface area (Å²) in [5, 5.41) is 10.5. The summed E-state index contributed by atoms with van der Waals surface area (Å²) in [7, 11) is 0. The molecule has 0 atom stereocenters. The Morgan fingerprint density at radius 2 is 1.56 bits per heavy atom. The van der Waals surface area contributed by atoms with E-state index in [-0.39, 0.29) is 5.54 Å². The van der Waals surface area contributed by atoms with E-state index in [1.54, 1.807) is 0 Å². The molecule has 4 nitrogen and oxygen atoms in total. The Morgan fingerprint density at radius 1 is 1.00 bits per heavy atom. The molecule has 1 saturated heterocycles. The lowest BCUT2D eigenvalue weighted by Gasteiger charge is -2.43. The van der Waals surface area contributed by atoms with Crippen LogP contribution >= 0.6 is 0 Å². The minimum absolute atomic E-state index is 0.252. The van der Waals surface area contributed by atoms with Crippen LogP contribution in [0.2, 0.25) is 0 Å². The predicted molar refractivity (Wildman–Crippen MR) is 77.0 cm³/mol. The summed E-state index contributed by atoms with van der Waals surface area (Å²) in [4.78, 5) is 4.88. The van der Waals surface area contributed by atoms with E-state index in [1.165, 1.54) is 5.69 Å². The number of rotatable bonds is 2. The average Bonchev–Trinajstić information content (AvgIpc) is 2.38. The van der Waals surface area contributed by atoms with Gasteiger partial charge >= 0.3 is 0 Å². The molecule has 1 fully saturated rings. The second kappa shape index (κ2) is 5.16. The molecule has 4 heteroatoms. The molecular weight excluding hydrogens is 226 g/mol. The van der Waals surface area contributed by atoms with E-state index in [1.807, 2.05) is 29.7 Å². The summed E-state index contributed by atoms with van der Waals surface area (Å²) in [6.45, 7) is 11.0. The molecule has 1 aliphatic rings. The maximum atomic E-state index is 10.5. The molecule has 0 saturated carbocycles. The number of anilines is 2. The van der Waals surface area contributed by atoms with Crippen molar-refractivity contribution in [1.29, 1.82) is 0 Å². The lowest BCUT2D eigenvalue weighted by Crippen LogP contribution is -2.53. The van der Waals surface area contributed by atoms with E-state index in [4.69, 9.17) is 0 Å². The molecule has 0 amide bonds. The summed E-state index contributed by atoms with van der Waals surface area (Å²) in [6, 6.07) is 7.68. The van der Waals surface area contributed by atoms with Crippen molar-refractivity contribution in [2.75, 3.05) is 36.6 Å². The van der Waals surface area contributed by atoms with Crippen molar-refractivity contribution in [2.45, 2.75) is 26.3 Å². The van der Waals surface area contributed by atoms with Gasteiger partial charge in [0, 0.05) is 43.1 Å².